The van der Waals surface area contributed by atoms with E-state index < -0.39 is 53.0 Å². The zero-order valence-electron chi connectivity index (χ0n) is 19.2. The summed E-state index contributed by atoms with van der Waals surface area (Å²) < 4.78 is 83.4. The first-order valence-electron chi connectivity index (χ1n) is 5.94. The summed E-state index contributed by atoms with van der Waals surface area (Å²) in [5, 5.41) is 16.0. The maximum atomic E-state index is 11.0. The summed E-state index contributed by atoms with van der Waals surface area (Å²) in [5.41, 5.74) is 0. The fourth-order valence-electron chi connectivity index (χ4n) is 0.824. The third kappa shape index (κ3) is 30.6. The molecule has 0 bridgehead atoms. The summed E-state index contributed by atoms with van der Waals surface area (Å²) in [6, 6.07) is 0. The van der Waals surface area contributed by atoms with Gasteiger partial charge in [-0.25, -0.2) is 25.9 Å². The molecule has 2 N–H and O–H groups in total. The van der Waals surface area contributed by atoms with Gasteiger partial charge in [0.25, 0.3) is 46.9 Å². The van der Waals surface area contributed by atoms with E-state index in [9.17, 15) is 56.8 Å². The summed E-state index contributed by atoms with van der Waals surface area (Å²) in [4.78, 5) is 65.8. The van der Waals surface area contributed by atoms with E-state index in [1.165, 1.54) is 6.92 Å². The van der Waals surface area contributed by atoms with Crippen LogP contribution in [0, 0.1) is 0 Å². The minimum Gasteiger partial charge on any atom is -0.756 e. The SMILES string of the molecule is CC(O)CO.O=P1([O-])OP(=O)([O-])OP(=O)([O-])OP(=O)([O-])OP(=O)([O-])OP(=O)([O-])O1.[Na+].[Na+].[Na+].[Na+].[Na+].[Na+]. The van der Waals surface area contributed by atoms with Gasteiger partial charge < -0.3 is 39.6 Å². The van der Waals surface area contributed by atoms with Crippen LogP contribution in [0.4, 0.5) is 0 Å². The summed E-state index contributed by atoms with van der Waals surface area (Å²) in [6.45, 7) is 1.39. The maximum absolute atomic E-state index is 11.0. The second kappa shape index (κ2) is 23.2. The predicted octanol–water partition coefficient (Wildman–Crippen LogP) is -21.7. The standard InChI is InChI=1S/C3H8O2.6Na.H6O18P6/c1-3(5)2-4;;;;;;;1-19(2)13-20(3,4)15-22(7,8)17-24(11,12)18-23(9,10)16-21(5,6)14-19/h3-5H,2H2,1H3;;;;;;;(H,1,2)(H,3,4)(H,5,6)(H,7,8)(H,9,10)(H,11,12)/q;6*+1;/p-6. The molecule has 32 heteroatoms. The predicted molar refractivity (Wildman–Crippen MR) is 70.9 cm³/mol. The van der Waals surface area contributed by atoms with Crippen LogP contribution in [0.1, 0.15) is 6.92 Å². The molecule has 20 nitrogen and oxygen atoms in total. The van der Waals surface area contributed by atoms with Crippen LogP contribution in [-0.4, -0.2) is 22.9 Å². The smallest absolute Gasteiger partial charge is 0.756 e. The Hall–Kier alpha value is 6.82. The summed E-state index contributed by atoms with van der Waals surface area (Å²) in [6.07, 6.45) is -0.560. The van der Waals surface area contributed by atoms with Crippen LogP contribution in [0.3, 0.4) is 0 Å². The largest absolute Gasteiger partial charge is 1.00 e. The van der Waals surface area contributed by atoms with Gasteiger partial charge in [0.1, 0.15) is 0 Å². The molecular formula is C3H8Na6O20P6. The molecule has 0 aromatic carbocycles. The molecule has 0 radical (unpaired) electrons. The Kier molecular flexibility index (Phi) is 38.1. The van der Waals surface area contributed by atoms with Crippen LogP contribution in [0.2, 0.25) is 0 Å². The number of hydrogen-bond acceptors (Lipinski definition) is 20. The average molecular weight is 688 g/mol. The van der Waals surface area contributed by atoms with E-state index in [0.717, 1.165) is 0 Å². The molecule has 0 spiro atoms. The Balaban J connectivity index is -0.000000130. The molecule has 1 fully saturated rings. The molecule has 1 heterocycles. The molecule has 1 aliphatic rings. The molecule has 0 aliphatic carbocycles. The van der Waals surface area contributed by atoms with Crippen molar-refractivity contribution in [1.29, 1.82) is 0 Å². The second-order valence-corrected chi connectivity index (χ2v) is 13.5. The van der Waals surface area contributed by atoms with Crippen molar-refractivity contribution in [3.05, 3.63) is 0 Å². The Morgan fingerprint density at radius 2 is 0.600 bits per heavy atom. The number of aliphatic hydroxyl groups excluding tert-OH is 2. The second-order valence-electron chi connectivity index (χ2n) is 4.20. The fourth-order valence-corrected chi connectivity index (χ4v) is 9.03. The number of rotatable bonds is 1. The normalized spacial score (nSPS) is 40.0. The fraction of sp³-hybridized carbons (Fsp3) is 1.00. The van der Waals surface area contributed by atoms with Gasteiger partial charge in [0, 0.05) is 0 Å². The van der Waals surface area contributed by atoms with Crippen LogP contribution >= 0.6 is 46.9 Å². The monoisotopic (exact) mass is 688 g/mol. The quantitative estimate of drug-likeness (QED) is 0.191. The van der Waals surface area contributed by atoms with Gasteiger partial charge >= 0.3 is 177 Å². The van der Waals surface area contributed by atoms with E-state index in [2.05, 4.69) is 25.9 Å². The molecule has 1 unspecified atom stereocenters. The van der Waals surface area contributed by atoms with Gasteiger partial charge in [-0.3, -0.25) is 27.4 Å². The first-order chi connectivity index (χ1) is 12.5. The van der Waals surface area contributed by atoms with Crippen molar-refractivity contribution >= 4 is 46.9 Å². The van der Waals surface area contributed by atoms with Crippen molar-refractivity contribution in [2.24, 2.45) is 0 Å². The first kappa shape index (κ1) is 57.5. The van der Waals surface area contributed by atoms with E-state index in [4.69, 9.17) is 10.2 Å². The van der Waals surface area contributed by atoms with Crippen LogP contribution in [-0.2, 0) is 53.3 Å². The van der Waals surface area contributed by atoms with Gasteiger partial charge in [-0.1, -0.05) is 0 Å². The Labute approximate surface area is 330 Å². The number of aliphatic hydroxyl groups is 2. The molecule has 0 amide bonds. The van der Waals surface area contributed by atoms with E-state index in [-0.39, 0.29) is 184 Å². The maximum Gasteiger partial charge on any atom is 1.00 e. The van der Waals surface area contributed by atoms with Crippen molar-refractivity contribution in [2.45, 2.75) is 13.0 Å². The molecular weight excluding hydrogens is 680 g/mol. The van der Waals surface area contributed by atoms with Gasteiger partial charge in [0.2, 0.25) is 0 Å². The minimum absolute atomic E-state index is 0. The van der Waals surface area contributed by atoms with Gasteiger partial charge in [-0.05, 0) is 6.92 Å². The molecule has 176 valence electrons. The van der Waals surface area contributed by atoms with E-state index in [1.54, 1.807) is 0 Å². The van der Waals surface area contributed by atoms with Crippen LogP contribution in [0.5, 0.6) is 0 Å². The minimum atomic E-state index is -6.56. The van der Waals surface area contributed by atoms with E-state index in [1.807, 2.05) is 0 Å². The Bertz CT molecular complexity index is 671. The molecule has 1 atom stereocenters. The topological polar surface area (TPSA) is 337 Å². The van der Waals surface area contributed by atoms with Gasteiger partial charge in [-0.2, -0.15) is 0 Å². The molecule has 35 heavy (non-hydrogen) atoms. The van der Waals surface area contributed by atoms with E-state index >= 15 is 0 Å². The Morgan fingerprint density at radius 1 is 0.514 bits per heavy atom. The van der Waals surface area contributed by atoms with Crippen molar-refractivity contribution < 1.29 is 270 Å². The third-order valence-corrected chi connectivity index (χ3v) is 11.1. The molecule has 0 saturated carbocycles. The van der Waals surface area contributed by atoms with Crippen molar-refractivity contribution in [3.8, 4) is 0 Å². The molecule has 1 saturated heterocycles. The summed E-state index contributed by atoms with van der Waals surface area (Å²) in [7, 11) is -39.3. The third-order valence-electron chi connectivity index (χ3n) is 1.46. The molecule has 0 aromatic rings. The van der Waals surface area contributed by atoms with Crippen LogP contribution in [0.15, 0.2) is 0 Å². The molecule has 0 aromatic heterocycles. The van der Waals surface area contributed by atoms with Crippen molar-refractivity contribution in [2.75, 3.05) is 6.61 Å². The molecule has 1 aliphatic heterocycles. The van der Waals surface area contributed by atoms with Crippen LogP contribution < -0.4 is 207 Å². The van der Waals surface area contributed by atoms with Crippen molar-refractivity contribution in [1.82, 2.24) is 0 Å². The summed E-state index contributed by atoms with van der Waals surface area (Å²) in [5.74, 6) is 0. The van der Waals surface area contributed by atoms with Gasteiger partial charge in [-0.15, -0.1) is 0 Å². The average Bonchev–Trinajstić information content (AvgIpc) is 2.27. The van der Waals surface area contributed by atoms with Gasteiger partial charge in [0.05, 0.1) is 12.7 Å². The summed E-state index contributed by atoms with van der Waals surface area (Å²) >= 11 is 0. The zero-order valence-corrected chi connectivity index (χ0v) is 36.6. The Morgan fingerprint density at radius 3 is 0.657 bits per heavy atom. The first-order valence-corrected chi connectivity index (χ1v) is 14.7. The van der Waals surface area contributed by atoms with E-state index in [0.29, 0.717) is 0 Å². The van der Waals surface area contributed by atoms with Crippen LogP contribution in [0.25, 0.3) is 0 Å². The molecule has 1 rings (SSSR count). The number of hydrogen-bond donors (Lipinski definition) is 2. The number of phosphoric acid groups is 6. The zero-order chi connectivity index (χ0) is 23.5. The van der Waals surface area contributed by atoms with Crippen molar-refractivity contribution in [3.63, 3.8) is 0 Å². The van der Waals surface area contributed by atoms with Gasteiger partial charge in [0.15, 0.2) is 0 Å².